The minimum Gasteiger partial charge on any atom is -0.380 e. The van der Waals surface area contributed by atoms with E-state index in [4.69, 9.17) is 0 Å². The third-order valence-electron chi connectivity index (χ3n) is 2.76. The van der Waals surface area contributed by atoms with Gasteiger partial charge < -0.3 is 9.67 Å². The minimum absolute atomic E-state index is 0.258. The monoisotopic (exact) mass is 235 g/mol. The lowest BCUT2D eigenvalue weighted by molar-refractivity contribution is 0.196. The van der Waals surface area contributed by atoms with Gasteiger partial charge in [-0.25, -0.2) is 9.67 Å². The molecule has 2 rings (SSSR count). The standard InChI is InChI=1S/C11H17N5O/c1-4-16-10(6-13-14-16)11(17)9-5-12-7-15(9)8(2)3/h5-8,11,17H,4H2,1-3H3. The predicted molar refractivity (Wildman–Crippen MR) is 62.4 cm³/mol. The Bertz CT molecular complexity index is 488. The summed E-state index contributed by atoms with van der Waals surface area (Å²) >= 11 is 0. The molecular formula is C11H17N5O. The SMILES string of the molecule is CCn1nncc1C(O)c1cncn1C(C)C. The van der Waals surface area contributed by atoms with Crippen molar-refractivity contribution >= 4 is 0 Å². The Kier molecular flexibility index (Phi) is 3.23. The molecule has 0 amide bonds. The molecule has 1 atom stereocenters. The molecule has 0 saturated heterocycles. The van der Waals surface area contributed by atoms with E-state index in [9.17, 15) is 5.11 Å². The third kappa shape index (κ3) is 2.08. The van der Waals surface area contributed by atoms with Crippen molar-refractivity contribution in [1.82, 2.24) is 24.5 Å². The van der Waals surface area contributed by atoms with Crippen LogP contribution < -0.4 is 0 Å². The van der Waals surface area contributed by atoms with Gasteiger partial charge in [-0.2, -0.15) is 0 Å². The Labute approximate surface area is 99.9 Å². The normalized spacial score (nSPS) is 13.2. The van der Waals surface area contributed by atoms with Gasteiger partial charge in [0.2, 0.25) is 0 Å². The number of aryl methyl sites for hydroxylation is 1. The van der Waals surface area contributed by atoms with E-state index in [2.05, 4.69) is 15.3 Å². The number of nitrogens with zero attached hydrogens (tertiary/aromatic N) is 5. The van der Waals surface area contributed by atoms with Crippen molar-refractivity contribution in [3.63, 3.8) is 0 Å². The van der Waals surface area contributed by atoms with Crippen LogP contribution in [0.3, 0.4) is 0 Å². The van der Waals surface area contributed by atoms with Crippen LogP contribution in [-0.2, 0) is 6.54 Å². The van der Waals surface area contributed by atoms with Crippen molar-refractivity contribution in [2.24, 2.45) is 0 Å². The number of hydrogen-bond donors (Lipinski definition) is 1. The molecule has 6 nitrogen and oxygen atoms in total. The Morgan fingerprint density at radius 1 is 1.29 bits per heavy atom. The number of rotatable bonds is 4. The van der Waals surface area contributed by atoms with Gasteiger partial charge in [0.25, 0.3) is 0 Å². The van der Waals surface area contributed by atoms with Crippen molar-refractivity contribution in [2.45, 2.75) is 39.5 Å². The number of aromatic nitrogens is 5. The van der Waals surface area contributed by atoms with E-state index in [-0.39, 0.29) is 6.04 Å². The molecule has 0 aliphatic rings. The van der Waals surface area contributed by atoms with Crippen LogP contribution in [-0.4, -0.2) is 29.7 Å². The van der Waals surface area contributed by atoms with Crippen LogP contribution in [0.25, 0.3) is 0 Å². The molecule has 92 valence electrons. The maximum Gasteiger partial charge on any atom is 0.139 e. The smallest absolute Gasteiger partial charge is 0.139 e. The lowest BCUT2D eigenvalue weighted by Crippen LogP contribution is -2.14. The van der Waals surface area contributed by atoms with E-state index >= 15 is 0 Å². The second-order valence-corrected chi connectivity index (χ2v) is 4.20. The molecule has 2 aromatic heterocycles. The zero-order valence-corrected chi connectivity index (χ0v) is 10.3. The number of aliphatic hydroxyl groups is 1. The lowest BCUT2D eigenvalue weighted by Gasteiger charge is -2.16. The van der Waals surface area contributed by atoms with E-state index < -0.39 is 6.10 Å². The van der Waals surface area contributed by atoms with Crippen molar-refractivity contribution in [3.05, 3.63) is 30.1 Å². The maximum atomic E-state index is 10.3. The average Bonchev–Trinajstić information content (AvgIpc) is 2.96. The zero-order chi connectivity index (χ0) is 12.4. The molecule has 2 heterocycles. The molecule has 1 unspecified atom stereocenters. The van der Waals surface area contributed by atoms with Crippen molar-refractivity contribution in [3.8, 4) is 0 Å². The van der Waals surface area contributed by atoms with Gasteiger partial charge >= 0.3 is 0 Å². The summed E-state index contributed by atoms with van der Waals surface area (Å²) in [4.78, 5) is 4.08. The Morgan fingerprint density at radius 3 is 2.71 bits per heavy atom. The van der Waals surface area contributed by atoms with E-state index in [1.807, 2.05) is 25.3 Å². The van der Waals surface area contributed by atoms with Gasteiger partial charge in [0.05, 0.1) is 30.1 Å². The van der Waals surface area contributed by atoms with Gasteiger partial charge in [-0.3, -0.25) is 0 Å². The molecule has 0 bridgehead atoms. The summed E-state index contributed by atoms with van der Waals surface area (Å²) in [5.74, 6) is 0. The number of hydrogen-bond acceptors (Lipinski definition) is 4. The zero-order valence-electron chi connectivity index (χ0n) is 10.3. The molecule has 0 aliphatic heterocycles. The highest BCUT2D eigenvalue weighted by atomic mass is 16.3. The quantitative estimate of drug-likeness (QED) is 0.863. The first kappa shape index (κ1) is 11.8. The highest BCUT2D eigenvalue weighted by Crippen LogP contribution is 2.23. The molecular weight excluding hydrogens is 218 g/mol. The summed E-state index contributed by atoms with van der Waals surface area (Å²) in [6, 6.07) is 0.258. The van der Waals surface area contributed by atoms with E-state index in [0.717, 1.165) is 5.69 Å². The van der Waals surface area contributed by atoms with Crippen LogP contribution in [0.2, 0.25) is 0 Å². The van der Waals surface area contributed by atoms with Crippen LogP contribution in [0.1, 0.15) is 44.3 Å². The molecule has 0 fully saturated rings. The van der Waals surface area contributed by atoms with Gasteiger partial charge in [-0.1, -0.05) is 5.21 Å². The minimum atomic E-state index is -0.741. The summed E-state index contributed by atoms with van der Waals surface area (Å²) in [5.41, 5.74) is 1.45. The van der Waals surface area contributed by atoms with E-state index in [1.165, 1.54) is 0 Å². The molecule has 2 aromatic rings. The molecule has 0 radical (unpaired) electrons. The van der Waals surface area contributed by atoms with Crippen molar-refractivity contribution in [1.29, 1.82) is 0 Å². The highest BCUT2D eigenvalue weighted by Gasteiger charge is 2.20. The second-order valence-electron chi connectivity index (χ2n) is 4.20. The summed E-state index contributed by atoms with van der Waals surface area (Å²) in [5, 5.41) is 18.1. The van der Waals surface area contributed by atoms with Gasteiger partial charge in [0, 0.05) is 12.6 Å². The Balaban J connectivity index is 2.37. The van der Waals surface area contributed by atoms with E-state index in [0.29, 0.717) is 12.2 Å². The Morgan fingerprint density at radius 2 is 2.06 bits per heavy atom. The number of aliphatic hydroxyl groups excluding tert-OH is 1. The van der Waals surface area contributed by atoms with Crippen LogP contribution >= 0.6 is 0 Å². The highest BCUT2D eigenvalue weighted by molar-refractivity contribution is 5.16. The third-order valence-corrected chi connectivity index (χ3v) is 2.76. The van der Waals surface area contributed by atoms with Crippen LogP contribution in [0, 0.1) is 0 Å². The van der Waals surface area contributed by atoms with Gasteiger partial charge in [0.15, 0.2) is 0 Å². The van der Waals surface area contributed by atoms with Crippen LogP contribution in [0.5, 0.6) is 0 Å². The lowest BCUT2D eigenvalue weighted by atomic mass is 10.2. The largest absolute Gasteiger partial charge is 0.380 e. The fourth-order valence-corrected chi connectivity index (χ4v) is 1.83. The number of imidazole rings is 1. The van der Waals surface area contributed by atoms with Crippen LogP contribution in [0.4, 0.5) is 0 Å². The molecule has 0 aromatic carbocycles. The first-order valence-electron chi connectivity index (χ1n) is 5.73. The molecule has 1 N–H and O–H groups in total. The summed E-state index contributed by atoms with van der Waals surface area (Å²) in [6.45, 7) is 6.74. The first-order chi connectivity index (χ1) is 8.15. The molecule has 0 spiro atoms. The molecule has 17 heavy (non-hydrogen) atoms. The summed E-state index contributed by atoms with van der Waals surface area (Å²) in [6.07, 6.45) is 4.25. The Hall–Kier alpha value is -1.69. The summed E-state index contributed by atoms with van der Waals surface area (Å²) < 4.78 is 3.62. The van der Waals surface area contributed by atoms with Crippen molar-refractivity contribution in [2.75, 3.05) is 0 Å². The first-order valence-corrected chi connectivity index (χ1v) is 5.73. The molecule has 6 heteroatoms. The average molecular weight is 235 g/mol. The fourth-order valence-electron chi connectivity index (χ4n) is 1.83. The second kappa shape index (κ2) is 4.67. The predicted octanol–water partition coefficient (Wildman–Crippen LogP) is 1.16. The topological polar surface area (TPSA) is 68.8 Å². The summed E-state index contributed by atoms with van der Waals surface area (Å²) in [7, 11) is 0. The van der Waals surface area contributed by atoms with Gasteiger partial charge in [0.1, 0.15) is 6.10 Å². The fraction of sp³-hybridized carbons (Fsp3) is 0.545. The van der Waals surface area contributed by atoms with E-state index in [1.54, 1.807) is 23.4 Å². The molecule has 0 saturated carbocycles. The van der Waals surface area contributed by atoms with Gasteiger partial charge in [-0.15, -0.1) is 5.10 Å². The molecule has 0 aliphatic carbocycles. The van der Waals surface area contributed by atoms with Gasteiger partial charge in [-0.05, 0) is 20.8 Å². The maximum absolute atomic E-state index is 10.3. The van der Waals surface area contributed by atoms with Crippen molar-refractivity contribution < 1.29 is 5.11 Å². The van der Waals surface area contributed by atoms with Crippen LogP contribution in [0.15, 0.2) is 18.7 Å².